The van der Waals surface area contributed by atoms with E-state index in [1.54, 1.807) is 17.1 Å². The normalized spacial score (nSPS) is 10.3. The summed E-state index contributed by atoms with van der Waals surface area (Å²) in [6.07, 6.45) is 5.36. The van der Waals surface area contributed by atoms with Gasteiger partial charge in [0.2, 0.25) is 0 Å². The molecule has 0 aromatic carbocycles. The third-order valence-corrected chi connectivity index (χ3v) is 2.08. The predicted octanol–water partition coefficient (Wildman–Crippen LogP) is 1.02. The first-order valence-electron chi connectivity index (χ1n) is 4.69. The number of nitrogens with zero attached hydrogens (tertiary/aromatic N) is 3. The van der Waals surface area contributed by atoms with Crippen LogP contribution in [0.25, 0.3) is 0 Å². The molecule has 0 aliphatic rings. The van der Waals surface area contributed by atoms with Crippen LogP contribution in [0.2, 0.25) is 0 Å². The molecule has 0 radical (unpaired) electrons. The lowest BCUT2D eigenvalue weighted by Gasteiger charge is -2.06. The van der Waals surface area contributed by atoms with Gasteiger partial charge < -0.3 is 11.1 Å². The molecule has 0 saturated heterocycles. The van der Waals surface area contributed by atoms with Crippen LogP contribution in [0, 0.1) is 0 Å². The topological polar surface area (TPSA) is 68.8 Å². The van der Waals surface area contributed by atoms with Gasteiger partial charge in [-0.3, -0.25) is 4.68 Å². The molecular weight excluding hydrogens is 190 g/mol. The van der Waals surface area contributed by atoms with Gasteiger partial charge in [0.15, 0.2) is 0 Å². The smallest absolute Gasteiger partial charge is 0.134 e. The molecule has 0 atom stereocenters. The average molecular weight is 203 g/mol. The highest BCUT2D eigenvalue weighted by Gasteiger charge is 2.02. The Morgan fingerprint density at radius 2 is 2.40 bits per heavy atom. The third-order valence-electron chi connectivity index (χ3n) is 2.08. The van der Waals surface area contributed by atoms with Crippen molar-refractivity contribution in [1.29, 1.82) is 0 Å². The fourth-order valence-corrected chi connectivity index (χ4v) is 1.34. The molecule has 0 spiro atoms. The van der Waals surface area contributed by atoms with Crippen LogP contribution >= 0.6 is 0 Å². The molecule has 0 aliphatic heterocycles. The molecule has 0 aliphatic carbocycles. The van der Waals surface area contributed by atoms with Crippen LogP contribution in [0.5, 0.6) is 0 Å². The summed E-state index contributed by atoms with van der Waals surface area (Å²) in [5.74, 6) is 0.785. The molecule has 0 fully saturated rings. The van der Waals surface area contributed by atoms with Crippen LogP contribution < -0.4 is 11.1 Å². The molecule has 3 N–H and O–H groups in total. The van der Waals surface area contributed by atoms with E-state index >= 15 is 0 Å². The summed E-state index contributed by atoms with van der Waals surface area (Å²) in [4.78, 5) is 4.23. The summed E-state index contributed by atoms with van der Waals surface area (Å²) >= 11 is 0. The van der Waals surface area contributed by atoms with E-state index in [1.807, 2.05) is 25.4 Å². The van der Waals surface area contributed by atoms with Crippen LogP contribution in [0.1, 0.15) is 5.56 Å². The number of rotatable bonds is 3. The van der Waals surface area contributed by atoms with Crippen molar-refractivity contribution in [2.75, 3.05) is 5.32 Å². The Morgan fingerprint density at radius 1 is 1.53 bits per heavy atom. The number of aryl methyl sites for hydroxylation is 1. The zero-order valence-corrected chi connectivity index (χ0v) is 8.51. The average Bonchev–Trinajstić information content (AvgIpc) is 2.65. The maximum Gasteiger partial charge on any atom is 0.134 e. The zero-order valence-electron chi connectivity index (χ0n) is 8.51. The van der Waals surface area contributed by atoms with E-state index in [1.165, 1.54) is 0 Å². The highest BCUT2D eigenvalue weighted by Crippen LogP contribution is 2.16. The Hall–Kier alpha value is -1.88. The van der Waals surface area contributed by atoms with Gasteiger partial charge >= 0.3 is 0 Å². The first-order valence-corrected chi connectivity index (χ1v) is 4.69. The second-order valence-electron chi connectivity index (χ2n) is 3.24. The van der Waals surface area contributed by atoms with E-state index in [9.17, 15) is 0 Å². The van der Waals surface area contributed by atoms with Crippen molar-refractivity contribution in [3.8, 4) is 0 Å². The van der Waals surface area contributed by atoms with Crippen molar-refractivity contribution in [1.82, 2.24) is 14.8 Å². The van der Waals surface area contributed by atoms with Crippen LogP contribution in [0.15, 0.2) is 30.7 Å². The molecule has 0 saturated carbocycles. The van der Waals surface area contributed by atoms with Crippen molar-refractivity contribution in [3.63, 3.8) is 0 Å². The van der Waals surface area contributed by atoms with Crippen LogP contribution in [0.4, 0.5) is 11.5 Å². The fraction of sp³-hybridized carbons (Fsp3) is 0.200. The van der Waals surface area contributed by atoms with Gasteiger partial charge in [0.1, 0.15) is 5.82 Å². The summed E-state index contributed by atoms with van der Waals surface area (Å²) in [5.41, 5.74) is 7.50. The SMILES string of the molecule is Cn1cc(Nc2ncccc2CN)cn1. The van der Waals surface area contributed by atoms with Crippen LogP contribution in [-0.2, 0) is 13.6 Å². The highest BCUT2D eigenvalue weighted by atomic mass is 15.3. The third kappa shape index (κ3) is 2.13. The van der Waals surface area contributed by atoms with Crippen LogP contribution in [-0.4, -0.2) is 14.8 Å². The molecule has 2 aromatic rings. The zero-order chi connectivity index (χ0) is 10.7. The molecular formula is C10H13N5. The van der Waals surface area contributed by atoms with Crippen molar-refractivity contribution in [3.05, 3.63) is 36.3 Å². The fourth-order valence-electron chi connectivity index (χ4n) is 1.34. The Morgan fingerprint density at radius 3 is 3.07 bits per heavy atom. The van der Waals surface area contributed by atoms with Crippen molar-refractivity contribution >= 4 is 11.5 Å². The molecule has 0 amide bonds. The molecule has 2 heterocycles. The van der Waals surface area contributed by atoms with Crippen molar-refractivity contribution < 1.29 is 0 Å². The predicted molar refractivity (Wildman–Crippen MR) is 58.6 cm³/mol. The Kier molecular flexibility index (Phi) is 2.64. The van der Waals surface area contributed by atoms with E-state index in [0.29, 0.717) is 6.54 Å². The Balaban J connectivity index is 2.23. The number of pyridine rings is 1. The number of hydrogen-bond donors (Lipinski definition) is 2. The van der Waals surface area contributed by atoms with Gasteiger partial charge in [-0.15, -0.1) is 0 Å². The van der Waals surface area contributed by atoms with Gasteiger partial charge in [0.05, 0.1) is 11.9 Å². The van der Waals surface area contributed by atoms with Gasteiger partial charge in [-0.1, -0.05) is 6.07 Å². The molecule has 2 rings (SSSR count). The number of nitrogens with one attached hydrogen (secondary N) is 1. The van der Waals surface area contributed by atoms with Gasteiger partial charge in [0.25, 0.3) is 0 Å². The molecule has 0 bridgehead atoms. The summed E-state index contributed by atoms with van der Waals surface area (Å²) in [7, 11) is 1.87. The maximum absolute atomic E-state index is 5.61. The molecule has 78 valence electrons. The monoisotopic (exact) mass is 203 g/mol. The quantitative estimate of drug-likeness (QED) is 0.781. The Labute approximate surface area is 87.9 Å². The summed E-state index contributed by atoms with van der Waals surface area (Å²) in [6.45, 7) is 0.469. The van der Waals surface area contributed by atoms with E-state index in [2.05, 4.69) is 15.4 Å². The van der Waals surface area contributed by atoms with Gasteiger partial charge in [-0.05, 0) is 6.07 Å². The first-order chi connectivity index (χ1) is 7.29. The number of anilines is 2. The van der Waals surface area contributed by atoms with Crippen LogP contribution in [0.3, 0.4) is 0 Å². The number of nitrogens with two attached hydrogens (primary N) is 1. The maximum atomic E-state index is 5.61. The Bertz CT molecular complexity index is 449. The minimum atomic E-state index is 0.469. The standard InChI is InChI=1S/C10H13N5/c1-15-7-9(6-13-15)14-10-8(5-11)3-2-4-12-10/h2-4,6-7H,5,11H2,1H3,(H,12,14). The molecule has 0 unspecified atom stereocenters. The molecule has 5 heteroatoms. The lowest BCUT2D eigenvalue weighted by Crippen LogP contribution is -2.03. The number of aromatic nitrogens is 3. The van der Waals surface area contributed by atoms with E-state index in [-0.39, 0.29) is 0 Å². The lowest BCUT2D eigenvalue weighted by molar-refractivity contribution is 0.768. The largest absolute Gasteiger partial charge is 0.337 e. The van der Waals surface area contributed by atoms with Crippen molar-refractivity contribution in [2.24, 2.45) is 12.8 Å². The minimum absolute atomic E-state index is 0.469. The second kappa shape index (κ2) is 4.10. The van der Waals surface area contributed by atoms with Gasteiger partial charge in [-0.2, -0.15) is 5.10 Å². The lowest BCUT2D eigenvalue weighted by atomic mass is 10.2. The van der Waals surface area contributed by atoms with E-state index in [4.69, 9.17) is 5.73 Å². The van der Waals surface area contributed by atoms with Gasteiger partial charge in [0, 0.05) is 31.5 Å². The van der Waals surface area contributed by atoms with Crippen molar-refractivity contribution in [2.45, 2.75) is 6.54 Å². The molecule has 15 heavy (non-hydrogen) atoms. The number of hydrogen-bond acceptors (Lipinski definition) is 4. The first kappa shape index (κ1) is 9.67. The van der Waals surface area contributed by atoms with E-state index in [0.717, 1.165) is 17.1 Å². The summed E-state index contributed by atoms with van der Waals surface area (Å²) in [6, 6.07) is 3.82. The van der Waals surface area contributed by atoms with Gasteiger partial charge in [-0.25, -0.2) is 4.98 Å². The molecule has 5 nitrogen and oxygen atoms in total. The molecule has 2 aromatic heterocycles. The summed E-state index contributed by atoms with van der Waals surface area (Å²) in [5, 5.41) is 7.23. The minimum Gasteiger partial charge on any atom is -0.337 e. The van der Waals surface area contributed by atoms with E-state index < -0.39 is 0 Å². The second-order valence-corrected chi connectivity index (χ2v) is 3.24. The highest BCUT2D eigenvalue weighted by molar-refractivity contribution is 5.57. The summed E-state index contributed by atoms with van der Waals surface area (Å²) < 4.78 is 1.73.